The second kappa shape index (κ2) is 5.35. The van der Waals surface area contributed by atoms with E-state index in [0.29, 0.717) is 29.6 Å². The van der Waals surface area contributed by atoms with Crippen molar-refractivity contribution in [2.24, 2.45) is 0 Å². The van der Waals surface area contributed by atoms with Crippen LogP contribution in [0.4, 0.5) is 11.4 Å². The molecule has 1 amide bonds. The van der Waals surface area contributed by atoms with Crippen LogP contribution in [0.2, 0.25) is 0 Å². The quantitative estimate of drug-likeness (QED) is 0.660. The van der Waals surface area contributed by atoms with E-state index < -0.39 is 4.92 Å². The highest BCUT2D eigenvalue weighted by Gasteiger charge is 2.23. The molecule has 3 rings (SSSR count). The third kappa shape index (κ3) is 2.62. The molecule has 1 fully saturated rings. The normalized spacial score (nSPS) is 17.7. The van der Waals surface area contributed by atoms with Crippen LogP contribution >= 0.6 is 0 Å². The molecule has 2 heterocycles. The van der Waals surface area contributed by atoms with E-state index in [1.807, 2.05) is 0 Å². The lowest BCUT2D eigenvalue weighted by Gasteiger charge is -2.13. The number of rotatable bonds is 4. The van der Waals surface area contributed by atoms with Crippen LogP contribution in [-0.2, 0) is 4.79 Å². The number of hydrogen-bond acceptors (Lipinski definition) is 5. The third-order valence-corrected chi connectivity index (χ3v) is 3.56. The van der Waals surface area contributed by atoms with Crippen LogP contribution in [0.15, 0.2) is 30.5 Å². The number of aromatic nitrogens is 1. The van der Waals surface area contributed by atoms with Gasteiger partial charge in [-0.1, -0.05) is 0 Å². The van der Waals surface area contributed by atoms with Crippen molar-refractivity contribution in [1.29, 1.82) is 0 Å². The summed E-state index contributed by atoms with van der Waals surface area (Å²) in [6.45, 7) is 0.471. The summed E-state index contributed by atoms with van der Waals surface area (Å²) in [7, 11) is 0. The SMILES string of the molecule is O=C1CCC(CNc2ccc3ncccc3c2[N+](=O)[O-])N1. The van der Waals surface area contributed by atoms with Gasteiger partial charge >= 0.3 is 5.69 Å². The fraction of sp³-hybridized carbons (Fsp3) is 0.286. The van der Waals surface area contributed by atoms with E-state index >= 15 is 0 Å². The smallest absolute Gasteiger partial charge is 0.301 e. The number of carbonyl (C=O) groups is 1. The molecule has 0 saturated carbocycles. The molecule has 0 radical (unpaired) electrons. The Balaban J connectivity index is 1.89. The molecule has 2 aromatic rings. The Morgan fingerprint density at radius 1 is 1.43 bits per heavy atom. The monoisotopic (exact) mass is 286 g/mol. The number of benzene rings is 1. The molecule has 7 heteroatoms. The van der Waals surface area contributed by atoms with Crippen LogP contribution < -0.4 is 10.6 Å². The maximum Gasteiger partial charge on any atom is 0.301 e. The van der Waals surface area contributed by atoms with Crippen molar-refractivity contribution in [3.8, 4) is 0 Å². The second-order valence-electron chi connectivity index (χ2n) is 4.97. The van der Waals surface area contributed by atoms with Gasteiger partial charge < -0.3 is 10.6 Å². The van der Waals surface area contributed by atoms with Gasteiger partial charge in [0, 0.05) is 25.2 Å². The zero-order valence-electron chi connectivity index (χ0n) is 11.2. The van der Waals surface area contributed by atoms with Gasteiger partial charge in [0.1, 0.15) is 5.69 Å². The Kier molecular flexibility index (Phi) is 3.39. The topological polar surface area (TPSA) is 97.2 Å². The highest BCUT2D eigenvalue weighted by atomic mass is 16.6. The molecule has 0 spiro atoms. The van der Waals surface area contributed by atoms with Gasteiger partial charge in [-0.05, 0) is 30.7 Å². The predicted molar refractivity (Wildman–Crippen MR) is 78.1 cm³/mol. The minimum absolute atomic E-state index is 0.0155. The lowest BCUT2D eigenvalue weighted by atomic mass is 10.1. The van der Waals surface area contributed by atoms with Gasteiger partial charge in [0.2, 0.25) is 5.91 Å². The highest BCUT2D eigenvalue weighted by Crippen LogP contribution is 2.32. The number of fused-ring (bicyclic) bond motifs is 1. The standard InChI is InChI=1S/C14H14N4O3/c19-13-6-3-9(17-13)8-16-12-5-4-11-10(2-1-7-15-11)14(12)18(20)21/h1-2,4-5,7,9,16H,3,6,8H2,(H,17,19). The lowest BCUT2D eigenvalue weighted by molar-refractivity contribution is -0.382. The number of nitrogens with zero attached hydrogens (tertiary/aromatic N) is 2. The number of carbonyl (C=O) groups excluding carboxylic acids is 1. The van der Waals surface area contributed by atoms with Gasteiger partial charge in [-0.3, -0.25) is 19.9 Å². The third-order valence-electron chi connectivity index (χ3n) is 3.56. The first-order chi connectivity index (χ1) is 10.1. The first-order valence-corrected chi connectivity index (χ1v) is 6.70. The molecule has 21 heavy (non-hydrogen) atoms. The molecule has 1 aliphatic heterocycles. The second-order valence-corrected chi connectivity index (χ2v) is 4.97. The summed E-state index contributed by atoms with van der Waals surface area (Å²) in [5, 5.41) is 17.7. The molecule has 0 aliphatic carbocycles. The van der Waals surface area contributed by atoms with Crippen LogP contribution in [0.25, 0.3) is 10.9 Å². The van der Waals surface area contributed by atoms with Crippen LogP contribution in [0.3, 0.4) is 0 Å². The van der Waals surface area contributed by atoms with Crippen molar-refractivity contribution in [2.45, 2.75) is 18.9 Å². The first kappa shape index (κ1) is 13.3. The van der Waals surface area contributed by atoms with Crippen molar-refractivity contribution in [3.63, 3.8) is 0 Å². The van der Waals surface area contributed by atoms with Gasteiger partial charge in [-0.25, -0.2) is 0 Å². The molecule has 0 bridgehead atoms. The molecule has 1 atom stereocenters. The number of anilines is 1. The molecule has 108 valence electrons. The fourth-order valence-corrected chi connectivity index (χ4v) is 2.54. The molecule has 2 N–H and O–H groups in total. The van der Waals surface area contributed by atoms with Crippen LogP contribution in [0, 0.1) is 10.1 Å². The zero-order valence-corrected chi connectivity index (χ0v) is 11.2. The molecule has 1 saturated heterocycles. The lowest BCUT2D eigenvalue weighted by Crippen LogP contribution is -2.31. The zero-order chi connectivity index (χ0) is 14.8. The molecule has 1 unspecified atom stereocenters. The molecule has 1 aliphatic rings. The minimum atomic E-state index is -0.403. The minimum Gasteiger partial charge on any atom is -0.377 e. The molecule has 7 nitrogen and oxygen atoms in total. The molecule has 1 aromatic carbocycles. The van der Waals surface area contributed by atoms with Gasteiger partial charge in [-0.15, -0.1) is 0 Å². The average molecular weight is 286 g/mol. The molecular formula is C14H14N4O3. The van der Waals surface area contributed by atoms with Crippen molar-refractivity contribution >= 4 is 28.2 Å². The van der Waals surface area contributed by atoms with Gasteiger partial charge in [-0.2, -0.15) is 0 Å². The summed E-state index contributed by atoms with van der Waals surface area (Å²) in [6, 6.07) is 6.78. The maximum absolute atomic E-state index is 11.4. The highest BCUT2D eigenvalue weighted by molar-refractivity contribution is 5.94. The number of pyridine rings is 1. The average Bonchev–Trinajstić information content (AvgIpc) is 2.89. The van der Waals surface area contributed by atoms with E-state index in [9.17, 15) is 14.9 Å². The van der Waals surface area contributed by atoms with Crippen LogP contribution in [-0.4, -0.2) is 28.4 Å². The Bertz CT molecular complexity index is 716. The number of nitro groups is 1. The molecule has 1 aromatic heterocycles. The van der Waals surface area contributed by atoms with Crippen molar-refractivity contribution in [1.82, 2.24) is 10.3 Å². The van der Waals surface area contributed by atoms with Crippen LogP contribution in [0.5, 0.6) is 0 Å². The van der Waals surface area contributed by atoms with E-state index in [2.05, 4.69) is 15.6 Å². The first-order valence-electron chi connectivity index (χ1n) is 6.70. The van der Waals surface area contributed by atoms with Crippen molar-refractivity contribution in [2.75, 3.05) is 11.9 Å². The van der Waals surface area contributed by atoms with Gasteiger partial charge in [0.25, 0.3) is 0 Å². The Morgan fingerprint density at radius 3 is 3.00 bits per heavy atom. The van der Waals surface area contributed by atoms with Crippen LogP contribution in [0.1, 0.15) is 12.8 Å². The summed E-state index contributed by atoms with van der Waals surface area (Å²) >= 11 is 0. The van der Waals surface area contributed by atoms with E-state index in [1.54, 1.807) is 30.5 Å². The summed E-state index contributed by atoms with van der Waals surface area (Å²) in [5.41, 5.74) is 1.05. The van der Waals surface area contributed by atoms with Gasteiger partial charge in [0.15, 0.2) is 0 Å². The number of amides is 1. The van der Waals surface area contributed by atoms with Crippen molar-refractivity contribution in [3.05, 3.63) is 40.6 Å². The Morgan fingerprint density at radius 2 is 2.29 bits per heavy atom. The van der Waals surface area contributed by atoms with E-state index in [4.69, 9.17) is 0 Å². The summed E-state index contributed by atoms with van der Waals surface area (Å²) in [4.78, 5) is 26.2. The van der Waals surface area contributed by atoms with E-state index in [1.165, 1.54) is 0 Å². The number of hydrogen-bond donors (Lipinski definition) is 2. The fourth-order valence-electron chi connectivity index (χ4n) is 2.54. The van der Waals surface area contributed by atoms with E-state index in [-0.39, 0.29) is 17.6 Å². The summed E-state index contributed by atoms with van der Waals surface area (Å²) in [5.74, 6) is 0.0269. The summed E-state index contributed by atoms with van der Waals surface area (Å²) < 4.78 is 0. The van der Waals surface area contributed by atoms with Gasteiger partial charge in [0.05, 0.1) is 15.8 Å². The van der Waals surface area contributed by atoms with E-state index in [0.717, 1.165) is 6.42 Å². The maximum atomic E-state index is 11.4. The Hall–Kier alpha value is -2.70. The predicted octanol–water partition coefficient (Wildman–Crippen LogP) is 1.83. The summed E-state index contributed by atoms with van der Waals surface area (Å²) in [6.07, 6.45) is 2.86. The number of nitro benzene ring substituents is 1. The largest absolute Gasteiger partial charge is 0.377 e. The molecular weight excluding hydrogens is 272 g/mol. The Labute approximate surface area is 120 Å². The number of nitrogens with one attached hydrogen (secondary N) is 2. The van der Waals surface area contributed by atoms with Crippen molar-refractivity contribution < 1.29 is 9.72 Å².